The Morgan fingerprint density at radius 2 is 2.17 bits per heavy atom. The molecular weight excluding hydrogens is 304 g/mol. The summed E-state index contributed by atoms with van der Waals surface area (Å²) in [6.45, 7) is 1.62. The van der Waals surface area contributed by atoms with Crippen LogP contribution in [-0.2, 0) is 13.1 Å². The van der Waals surface area contributed by atoms with Crippen LogP contribution in [-0.4, -0.2) is 38.4 Å². The van der Waals surface area contributed by atoms with Gasteiger partial charge in [0.05, 0.1) is 0 Å². The van der Waals surface area contributed by atoms with Gasteiger partial charge in [-0.3, -0.25) is 9.25 Å². The van der Waals surface area contributed by atoms with Gasteiger partial charge in [-0.1, -0.05) is 0 Å². The van der Waals surface area contributed by atoms with Gasteiger partial charge in [-0.2, -0.15) is 13.9 Å². The van der Waals surface area contributed by atoms with Crippen LogP contribution in [0.15, 0.2) is 35.8 Å². The zero-order valence-electron chi connectivity index (χ0n) is 13.0. The minimum Gasteiger partial charge on any atom is -0.357 e. The number of aromatic nitrogens is 4. The van der Waals surface area contributed by atoms with Crippen molar-refractivity contribution in [1.82, 2.24) is 30.0 Å². The molecule has 0 aliphatic rings. The summed E-state index contributed by atoms with van der Waals surface area (Å²) in [6.07, 6.45) is 7.12. The second kappa shape index (κ2) is 8.86. The molecule has 2 aromatic rings. The standard InChI is InChI=1S/C14H21F2N7/c1-2-17-14(19-5-3-8-22-9-4-6-21-22)20-11-12-18-7-10-23(12)13(15)16/h4,6-7,9-10,13H,2-3,5,8,11H2,1H3,(H2,17,19,20). The third-order valence-electron chi connectivity index (χ3n) is 3.10. The van der Waals surface area contributed by atoms with Crippen molar-refractivity contribution in [2.45, 2.75) is 33.0 Å². The molecular formula is C14H21F2N7. The predicted octanol–water partition coefficient (Wildman–Crippen LogP) is 1.62. The fourth-order valence-electron chi connectivity index (χ4n) is 2.02. The number of rotatable bonds is 8. The third kappa shape index (κ3) is 5.35. The van der Waals surface area contributed by atoms with E-state index < -0.39 is 6.55 Å². The largest absolute Gasteiger partial charge is 0.357 e. The Morgan fingerprint density at radius 1 is 1.30 bits per heavy atom. The summed E-state index contributed by atoms with van der Waals surface area (Å²) < 4.78 is 28.2. The number of guanidine groups is 1. The molecule has 2 aromatic heterocycles. The number of nitrogens with one attached hydrogen (secondary N) is 2. The van der Waals surface area contributed by atoms with Crippen LogP contribution in [0.2, 0.25) is 0 Å². The van der Waals surface area contributed by atoms with E-state index in [-0.39, 0.29) is 12.4 Å². The minimum atomic E-state index is -2.60. The van der Waals surface area contributed by atoms with Gasteiger partial charge in [0.2, 0.25) is 0 Å². The summed E-state index contributed by atoms with van der Waals surface area (Å²) in [7, 11) is 0. The van der Waals surface area contributed by atoms with Crippen LogP contribution < -0.4 is 10.6 Å². The van der Waals surface area contributed by atoms with Crippen molar-refractivity contribution in [2.24, 2.45) is 4.99 Å². The first-order chi connectivity index (χ1) is 11.2. The maximum absolute atomic E-state index is 12.8. The summed E-state index contributed by atoms with van der Waals surface area (Å²) in [5.74, 6) is 0.811. The van der Waals surface area contributed by atoms with Gasteiger partial charge < -0.3 is 10.6 Å². The molecule has 23 heavy (non-hydrogen) atoms. The zero-order valence-corrected chi connectivity index (χ0v) is 13.0. The number of aryl methyl sites for hydroxylation is 1. The summed E-state index contributed by atoms with van der Waals surface area (Å²) in [5, 5.41) is 10.4. The summed E-state index contributed by atoms with van der Waals surface area (Å²) >= 11 is 0. The lowest BCUT2D eigenvalue weighted by Crippen LogP contribution is -2.38. The number of alkyl halides is 2. The highest BCUT2D eigenvalue weighted by Gasteiger charge is 2.10. The number of hydrogen-bond acceptors (Lipinski definition) is 3. The Hall–Kier alpha value is -2.45. The van der Waals surface area contributed by atoms with Crippen LogP contribution in [0, 0.1) is 0 Å². The molecule has 0 amide bonds. The molecule has 0 aliphatic carbocycles. The molecule has 126 valence electrons. The van der Waals surface area contributed by atoms with Gasteiger partial charge >= 0.3 is 6.55 Å². The van der Waals surface area contributed by atoms with Gasteiger partial charge in [0, 0.05) is 44.4 Å². The quantitative estimate of drug-likeness (QED) is 0.439. The fraction of sp³-hybridized carbons (Fsp3) is 0.500. The van der Waals surface area contributed by atoms with Crippen molar-refractivity contribution in [3.05, 3.63) is 36.7 Å². The molecule has 0 unspecified atom stereocenters. The molecule has 2 rings (SSSR count). The first-order valence-electron chi connectivity index (χ1n) is 7.50. The molecule has 0 aliphatic heterocycles. The van der Waals surface area contributed by atoms with Crippen molar-refractivity contribution in [3.63, 3.8) is 0 Å². The van der Waals surface area contributed by atoms with Crippen LogP contribution in [0.25, 0.3) is 0 Å². The molecule has 9 heteroatoms. The Morgan fingerprint density at radius 3 is 2.87 bits per heavy atom. The Kier molecular flexibility index (Phi) is 6.52. The van der Waals surface area contributed by atoms with E-state index in [0.717, 1.165) is 17.5 Å². The second-order valence-corrected chi connectivity index (χ2v) is 4.77. The van der Waals surface area contributed by atoms with Crippen molar-refractivity contribution >= 4 is 5.96 Å². The van der Waals surface area contributed by atoms with E-state index in [9.17, 15) is 8.78 Å². The molecule has 2 heterocycles. The van der Waals surface area contributed by atoms with Crippen molar-refractivity contribution in [3.8, 4) is 0 Å². The highest BCUT2D eigenvalue weighted by molar-refractivity contribution is 5.79. The SMILES string of the molecule is CCNC(=NCc1nccn1C(F)F)NCCCn1cccn1. The number of halogens is 2. The van der Waals surface area contributed by atoms with E-state index in [1.807, 2.05) is 23.9 Å². The van der Waals surface area contributed by atoms with Gasteiger partial charge in [-0.05, 0) is 19.4 Å². The van der Waals surface area contributed by atoms with Gasteiger partial charge in [0.1, 0.15) is 12.4 Å². The molecule has 0 saturated heterocycles. The Bertz CT molecular complexity index is 592. The Balaban J connectivity index is 1.83. The van der Waals surface area contributed by atoms with Gasteiger partial charge in [-0.25, -0.2) is 9.98 Å². The van der Waals surface area contributed by atoms with Crippen LogP contribution in [0.5, 0.6) is 0 Å². The molecule has 2 N–H and O–H groups in total. The van der Waals surface area contributed by atoms with E-state index in [2.05, 4.69) is 25.7 Å². The molecule has 7 nitrogen and oxygen atoms in total. The summed E-state index contributed by atoms with van der Waals surface area (Å²) in [6, 6.07) is 1.88. The summed E-state index contributed by atoms with van der Waals surface area (Å²) in [5.41, 5.74) is 0. The number of imidazole rings is 1. The van der Waals surface area contributed by atoms with E-state index >= 15 is 0 Å². The predicted molar refractivity (Wildman–Crippen MR) is 83.1 cm³/mol. The zero-order chi connectivity index (χ0) is 16.5. The molecule has 0 radical (unpaired) electrons. The van der Waals surface area contributed by atoms with Gasteiger partial charge in [-0.15, -0.1) is 0 Å². The highest BCUT2D eigenvalue weighted by Crippen LogP contribution is 2.12. The fourth-order valence-corrected chi connectivity index (χ4v) is 2.02. The van der Waals surface area contributed by atoms with E-state index in [1.54, 1.807) is 6.20 Å². The average molecular weight is 325 g/mol. The van der Waals surface area contributed by atoms with Crippen molar-refractivity contribution < 1.29 is 8.78 Å². The molecule has 0 aromatic carbocycles. The Labute approximate surface area is 133 Å². The molecule has 0 bridgehead atoms. The smallest absolute Gasteiger partial charge is 0.319 e. The molecule has 0 atom stereocenters. The van der Waals surface area contributed by atoms with Gasteiger partial charge in [0.25, 0.3) is 0 Å². The van der Waals surface area contributed by atoms with Crippen LogP contribution in [0.3, 0.4) is 0 Å². The molecule has 0 spiro atoms. The van der Waals surface area contributed by atoms with Crippen LogP contribution in [0.1, 0.15) is 25.7 Å². The molecule has 0 saturated carbocycles. The maximum atomic E-state index is 12.8. The lowest BCUT2D eigenvalue weighted by Gasteiger charge is -2.11. The third-order valence-corrected chi connectivity index (χ3v) is 3.10. The molecule has 0 fully saturated rings. The highest BCUT2D eigenvalue weighted by atomic mass is 19.3. The van der Waals surface area contributed by atoms with E-state index in [4.69, 9.17) is 0 Å². The second-order valence-electron chi connectivity index (χ2n) is 4.77. The number of aliphatic imine (C=N–C) groups is 1. The van der Waals surface area contributed by atoms with Crippen molar-refractivity contribution in [2.75, 3.05) is 13.1 Å². The van der Waals surface area contributed by atoms with Gasteiger partial charge in [0.15, 0.2) is 5.96 Å². The monoisotopic (exact) mass is 325 g/mol. The van der Waals surface area contributed by atoms with Crippen LogP contribution >= 0.6 is 0 Å². The lowest BCUT2D eigenvalue weighted by molar-refractivity contribution is 0.0671. The lowest BCUT2D eigenvalue weighted by atomic mass is 10.4. The minimum absolute atomic E-state index is 0.0891. The first kappa shape index (κ1) is 16.9. The summed E-state index contributed by atoms with van der Waals surface area (Å²) in [4.78, 5) is 8.20. The first-order valence-corrected chi connectivity index (χ1v) is 7.50. The maximum Gasteiger partial charge on any atom is 0.319 e. The van der Waals surface area contributed by atoms with Crippen molar-refractivity contribution in [1.29, 1.82) is 0 Å². The van der Waals surface area contributed by atoms with E-state index in [1.165, 1.54) is 12.4 Å². The number of hydrogen-bond donors (Lipinski definition) is 2. The topological polar surface area (TPSA) is 72.1 Å². The normalized spacial score (nSPS) is 11.9. The number of nitrogens with zero attached hydrogens (tertiary/aromatic N) is 5. The van der Waals surface area contributed by atoms with E-state index in [0.29, 0.717) is 19.0 Å². The van der Waals surface area contributed by atoms with Crippen LogP contribution in [0.4, 0.5) is 8.78 Å². The average Bonchev–Trinajstić information content (AvgIpc) is 3.20.